The molecule has 0 aliphatic carbocycles. The van der Waals surface area contributed by atoms with Crippen LogP contribution in [0.3, 0.4) is 0 Å². The van der Waals surface area contributed by atoms with Gasteiger partial charge in [-0.2, -0.15) is 0 Å². The van der Waals surface area contributed by atoms with E-state index >= 15 is 0 Å². The zero-order chi connectivity index (χ0) is 44.4. The molecule has 5 heterocycles. The fourth-order valence-electron chi connectivity index (χ4n) is 9.07. The van der Waals surface area contributed by atoms with Gasteiger partial charge in [-0.25, -0.2) is 4.79 Å². The number of unbranched alkanes of at least 4 members (excludes halogenated alkanes) is 1. The maximum atomic E-state index is 13.4. The van der Waals surface area contributed by atoms with Gasteiger partial charge in [0.1, 0.15) is 24.2 Å². The summed E-state index contributed by atoms with van der Waals surface area (Å²) in [5.41, 5.74) is 3.83. The first kappa shape index (κ1) is 44.4. The molecule has 0 radical (unpaired) electrons. The van der Waals surface area contributed by atoms with Gasteiger partial charge in [0.2, 0.25) is 5.56 Å². The average Bonchev–Trinajstić information content (AvgIpc) is 3.33. The molecule has 5 aromatic rings. The molecule has 1 aromatic heterocycles. The van der Waals surface area contributed by atoms with Crippen molar-refractivity contribution < 1.29 is 38.8 Å². The van der Waals surface area contributed by atoms with E-state index in [1.165, 1.54) is 12.1 Å². The van der Waals surface area contributed by atoms with Gasteiger partial charge >= 0.3 is 12.1 Å². The molecule has 2 bridgehead atoms. The number of aromatic hydroxyl groups is 1. The number of phenolic OH excluding ortho intramolecular Hbond substituents is 1. The van der Waals surface area contributed by atoms with Crippen molar-refractivity contribution in [3.8, 4) is 11.5 Å². The number of aromatic amines is 1. The number of alkyl carbamates (subject to hydrolysis) is 1. The van der Waals surface area contributed by atoms with E-state index in [-0.39, 0.29) is 41.8 Å². The van der Waals surface area contributed by atoms with Crippen LogP contribution in [-0.2, 0) is 20.9 Å². The number of H-pyrrole nitrogens is 1. The van der Waals surface area contributed by atoms with E-state index in [4.69, 9.17) is 14.2 Å². The van der Waals surface area contributed by atoms with Crippen molar-refractivity contribution in [3.63, 3.8) is 0 Å². The van der Waals surface area contributed by atoms with Crippen molar-refractivity contribution >= 4 is 28.9 Å². The molecule has 3 atom stereocenters. The molecule has 336 valence electrons. The lowest BCUT2D eigenvalue weighted by atomic mass is 9.86. The molecular weight excluding hydrogens is 815 g/mol. The summed E-state index contributed by atoms with van der Waals surface area (Å²) in [6, 6.07) is 30.5. The third kappa shape index (κ3) is 11.1. The van der Waals surface area contributed by atoms with Gasteiger partial charge in [-0.05, 0) is 123 Å². The minimum Gasteiger partial charge on any atom is -0.506 e. The number of aliphatic hydroxyl groups excluding tert-OH is 1. The Morgan fingerprint density at radius 3 is 2.34 bits per heavy atom. The minimum atomic E-state index is -0.845. The maximum absolute atomic E-state index is 13.4. The zero-order valence-corrected chi connectivity index (χ0v) is 36.0. The van der Waals surface area contributed by atoms with Crippen LogP contribution in [0, 0.1) is 11.8 Å². The Labute approximate surface area is 372 Å². The Morgan fingerprint density at radius 2 is 1.59 bits per heavy atom. The second-order valence-electron chi connectivity index (χ2n) is 17.1. The number of hydrogen-bond donors (Lipinski definition) is 5. The Hall–Kier alpha value is -6.22. The van der Waals surface area contributed by atoms with Crippen LogP contribution in [0.5, 0.6) is 11.5 Å². The largest absolute Gasteiger partial charge is 0.506 e. The first-order valence-electron chi connectivity index (χ1n) is 22.4. The smallest absolute Gasteiger partial charge is 0.408 e. The van der Waals surface area contributed by atoms with Crippen LogP contribution in [0.1, 0.15) is 83.3 Å². The van der Waals surface area contributed by atoms with Crippen LogP contribution in [0.2, 0.25) is 0 Å². The highest BCUT2D eigenvalue weighted by Crippen LogP contribution is 2.32. The van der Waals surface area contributed by atoms with Crippen molar-refractivity contribution in [1.29, 1.82) is 0 Å². The Bertz CT molecular complexity index is 2430. The predicted molar refractivity (Wildman–Crippen MR) is 241 cm³/mol. The minimum absolute atomic E-state index is 0.0569. The van der Waals surface area contributed by atoms with Crippen LogP contribution in [0.15, 0.2) is 108 Å². The lowest BCUT2D eigenvalue weighted by Gasteiger charge is -2.43. The van der Waals surface area contributed by atoms with Gasteiger partial charge in [0.15, 0.2) is 0 Å². The number of esters is 1. The van der Waals surface area contributed by atoms with Crippen LogP contribution >= 0.6 is 0 Å². The summed E-state index contributed by atoms with van der Waals surface area (Å²) in [5.74, 6) is 0.435. The fraction of sp³-hybridized carbons (Fsp3) is 0.400. The first-order chi connectivity index (χ1) is 31.2. The number of phenols is 1. The topological polar surface area (TPSA) is 183 Å². The SMILES string of the molecule is O=C(NC(c1ccccc1)c1cccc(OCc2ccc(C(=O)N3CCC(C(=O)OCCCCNCC(O)c4ccc(O)c5[nH]c(=O)ccc45)CC3)cc2)c1)OC1CN2CCC1CC2. The molecule has 4 aliphatic heterocycles. The van der Waals surface area contributed by atoms with Crippen molar-refractivity contribution in [3.05, 3.63) is 141 Å². The summed E-state index contributed by atoms with van der Waals surface area (Å²) in [6.07, 6.45) is 3.24. The molecule has 14 nitrogen and oxygen atoms in total. The normalized spacial score (nSPS) is 19.5. The number of fused-ring (bicyclic) bond motifs is 4. The highest BCUT2D eigenvalue weighted by molar-refractivity contribution is 5.94. The number of rotatable bonds is 17. The molecule has 64 heavy (non-hydrogen) atoms. The zero-order valence-electron chi connectivity index (χ0n) is 36.0. The van der Waals surface area contributed by atoms with Gasteiger partial charge < -0.3 is 44.9 Å². The summed E-state index contributed by atoms with van der Waals surface area (Å²) in [5, 5.41) is 27.7. The van der Waals surface area contributed by atoms with E-state index in [2.05, 4.69) is 20.5 Å². The van der Waals surface area contributed by atoms with E-state index in [1.807, 2.05) is 78.9 Å². The number of nitrogens with zero attached hydrogens (tertiary/aromatic N) is 2. The summed E-state index contributed by atoms with van der Waals surface area (Å²) in [4.78, 5) is 57.9. The number of ether oxygens (including phenoxy) is 3. The molecule has 14 heteroatoms. The van der Waals surface area contributed by atoms with E-state index < -0.39 is 18.2 Å². The second kappa shape index (κ2) is 21.0. The Morgan fingerprint density at radius 1 is 0.828 bits per heavy atom. The molecule has 5 N–H and O–H groups in total. The number of benzene rings is 4. The number of aliphatic hydroxyl groups is 1. The number of pyridine rings is 1. The van der Waals surface area contributed by atoms with Gasteiger partial charge in [0.05, 0.1) is 30.2 Å². The summed E-state index contributed by atoms with van der Waals surface area (Å²) >= 11 is 0. The first-order valence-corrected chi connectivity index (χ1v) is 22.4. The number of piperidine rings is 4. The second-order valence-corrected chi connectivity index (χ2v) is 17.1. The van der Waals surface area contributed by atoms with Crippen LogP contribution in [0.4, 0.5) is 4.79 Å². The van der Waals surface area contributed by atoms with Crippen LogP contribution in [-0.4, -0.2) is 101 Å². The Balaban J connectivity index is 0.741. The lowest BCUT2D eigenvalue weighted by molar-refractivity contribution is -0.150. The number of hydrogen-bond acceptors (Lipinski definition) is 11. The molecule has 4 fully saturated rings. The predicted octanol–water partition coefficient (Wildman–Crippen LogP) is 6.22. The van der Waals surface area contributed by atoms with Gasteiger partial charge in [-0.3, -0.25) is 19.3 Å². The molecular formula is C50H57N5O9. The molecule has 2 amide bonds. The van der Waals surface area contributed by atoms with Crippen molar-refractivity contribution in [2.75, 3.05) is 52.4 Å². The monoisotopic (exact) mass is 871 g/mol. The summed E-state index contributed by atoms with van der Waals surface area (Å²) in [6.45, 7) is 5.34. The lowest BCUT2D eigenvalue weighted by Crippen LogP contribution is -2.52. The van der Waals surface area contributed by atoms with Gasteiger partial charge in [0, 0.05) is 43.2 Å². The Kier molecular flexibility index (Phi) is 14.5. The number of carbonyl (C=O) groups excluding carboxylic acids is 3. The molecule has 0 spiro atoms. The number of aromatic nitrogens is 1. The highest BCUT2D eigenvalue weighted by Gasteiger charge is 2.37. The number of amides is 2. The van der Waals surface area contributed by atoms with Crippen molar-refractivity contribution in [2.24, 2.45) is 11.8 Å². The summed E-state index contributed by atoms with van der Waals surface area (Å²) < 4.78 is 17.8. The standard InChI is InChI=1S/C50H57N5O9/c56-42-17-15-40(41-16-18-45(58)52-47(41)42)43(57)30-51-23-4-5-28-62-49(60)37-21-26-55(27-22-37)48(59)36-13-11-33(12-14-36)32-63-39-10-6-9-38(29-39)46(35-7-2-1-3-8-35)53-50(61)64-44-31-54-24-19-34(44)20-25-54/h1-3,6-18,29,34,37,43-44,46,51,56-57H,4-5,19-28,30-32H2,(H,52,58)(H,53,61). The molecule has 4 aliphatic rings. The molecule has 4 saturated heterocycles. The third-order valence-corrected chi connectivity index (χ3v) is 12.8. The summed E-state index contributed by atoms with van der Waals surface area (Å²) in [7, 11) is 0. The van der Waals surface area contributed by atoms with Gasteiger partial charge in [-0.15, -0.1) is 0 Å². The maximum Gasteiger partial charge on any atom is 0.408 e. The van der Waals surface area contributed by atoms with E-state index in [0.717, 1.165) is 55.6 Å². The average molecular weight is 872 g/mol. The highest BCUT2D eigenvalue weighted by atomic mass is 16.6. The molecule has 3 unspecified atom stereocenters. The fourth-order valence-corrected chi connectivity index (χ4v) is 9.07. The number of nitrogens with one attached hydrogen (secondary N) is 3. The van der Waals surface area contributed by atoms with Gasteiger partial charge in [-0.1, -0.05) is 60.7 Å². The molecule has 4 aromatic carbocycles. The number of likely N-dealkylation sites (tertiary alicyclic amines) is 1. The van der Waals surface area contributed by atoms with Crippen molar-refractivity contribution in [2.45, 2.75) is 63.4 Å². The van der Waals surface area contributed by atoms with Gasteiger partial charge in [0.25, 0.3) is 5.91 Å². The third-order valence-electron chi connectivity index (χ3n) is 12.8. The molecule has 0 saturated carbocycles. The van der Waals surface area contributed by atoms with E-state index in [0.29, 0.717) is 85.8 Å². The van der Waals surface area contributed by atoms with Crippen molar-refractivity contribution in [1.82, 2.24) is 25.4 Å². The van der Waals surface area contributed by atoms with Crippen LogP contribution < -0.4 is 20.9 Å². The van der Waals surface area contributed by atoms with E-state index in [1.54, 1.807) is 17.0 Å². The number of carbonyl (C=O) groups is 3. The molecule has 9 rings (SSSR count). The quantitative estimate of drug-likeness (QED) is 0.0529. The van der Waals surface area contributed by atoms with E-state index in [9.17, 15) is 29.4 Å². The van der Waals surface area contributed by atoms with Crippen LogP contribution in [0.25, 0.3) is 10.9 Å².